The number of anilines is 2. The van der Waals surface area contributed by atoms with Crippen LogP contribution in [0.25, 0.3) is 0 Å². The maximum atomic E-state index is 12.7. The molecular formula is C26H24N2O6S. The molecule has 8 nitrogen and oxygen atoms in total. The number of carbonyl (C=O) groups excluding carboxylic acids is 2. The Morgan fingerprint density at radius 2 is 1.43 bits per heavy atom. The van der Waals surface area contributed by atoms with E-state index in [-0.39, 0.29) is 22.3 Å². The molecule has 3 aromatic carbocycles. The Hall–Kier alpha value is -4.11. The molecule has 0 bridgehead atoms. The minimum absolute atomic E-state index is 0.129. The fourth-order valence-corrected chi connectivity index (χ4v) is 4.23. The lowest BCUT2D eigenvalue weighted by atomic mass is 10.0. The van der Waals surface area contributed by atoms with Crippen molar-refractivity contribution in [3.63, 3.8) is 0 Å². The molecule has 0 fully saturated rings. The first kappa shape index (κ1) is 25.5. The van der Waals surface area contributed by atoms with Crippen molar-refractivity contribution in [2.45, 2.75) is 30.9 Å². The van der Waals surface area contributed by atoms with Crippen LogP contribution >= 0.6 is 11.8 Å². The number of carboxylic acids is 2. The fraction of sp³-hybridized carbons (Fsp3) is 0.154. The number of carbonyl (C=O) groups is 4. The van der Waals surface area contributed by atoms with E-state index in [1.54, 1.807) is 31.2 Å². The average molecular weight is 493 g/mol. The highest BCUT2D eigenvalue weighted by molar-refractivity contribution is 8.00. The van der Waals surface area contributed by atoms with E-state index < -0.39 is 23.4 Å². The summed E-state index contributed by atoms with van der Waals surface area (Å²) in [6.45, 7) is 5.68. The quantitative estimate of drug-likeness (QED) is 0.323. The molecule has 0 aliphatic rings. The summed E-state index contributed by atoms with van der Waals surface area (Å²) in [5.74, 6) is -3.50. The first-order valence-corrected chi connectivity index (χ1v) is 11.5. The number of thioether (sulfide) groups is 1. The molecule has 0 aliphatic heterocycles. The van der Waals surface area contributed by atoms with Gasteiger partial charge in [-0.2, -0.15) is 0 Å². The number of aromatic carboxylic acids is 2. The van der Waals surface area contributed by atoms with E-state index in [9.17, 15) is 24.3 Å². The first-order chi connectivity index (χ1) is 16.6. The summed E-state index contributed by atoms with van der Waals surface area (Å²) in [4.78, 5) is 48.7. The van der Waals surface area contributed by atoms with Crippen molar-refractivity contribution in [3.8, 4) is 0 Å². The molecule has 0 radical (unpaired) electrons. The Bertz CT molecular complexity index is 1280. The van der Waals surface area contributed by atoms with Crippen molar-refractivity contribution >= 4 is 46.9 Å². The van der Waals surface area contributed by atoms with Crippen LogP contribution in [0, 0.1) is 13.8 Å². The van der Waals surface area contributed by atoms with Gasteiger partial charge in [0.15, 0.2) is 0 Å². The third-order valence-corrected chi connectivity index (χ3v) is 6.38. The Kier molecular flexibility index (Phi) is 7.93. The lowest BCUT2D eigenvalue weighted by Gasteiger charge is -2.15. The molecule has 3 rings (SSSR count). The van der Waals surface area contributed by atoms with Crippen molar-refractivity contribution in [1.29, 1.82) is 0 Å². The zero-order chi connectivity index (χ0) is 25.7. The molecule has 0 aromatic heterocycles. The number of carboxylic acid groups (broad SMARTS) is 2. The van der Waals surface area contributed by atoms with Crippen LogP contribution < -0.4 is 10.6 Å². The van der Waals surface area contributed by atoms with Crippen LogP contribution in [-0.2, 0) is 4.79 Å². The lowest BCUT2D eigenvalue weighted by molar-refractivity contribution is -0.115. The van der Waals surface area contributed by atoms with Crippen molar-refractivity contribution < 1.29 is 29.4 Å². The van der Waals surface area contributed by atoms with Gasteiger partial charge in [0.25, 0.3) is 5.91 Å². The lowest BCUT2D eigenvalue weighted by Crippen LogP contribution is -2.23. The molecule has 0 aliphatic carbocycles. The van der Waals surface area contributed by atoms with Crippen LogP contribution in [0.5, 0.6) is 0 Å². The SMILES string of the molecule is Cc1cccc(C)c1NC(=O)C(C)Sc1ccc(NC(=O)c2ccc(C(=O)O)cc2C(=O)O)cc1. The van der Waals surface area contributed by atoms with Gasteiger partial charge >= 0.3 is 11.9 Å². The standard InChI is InChI=1S/C26H24N2O6S/c1-14-5-4-6-15(2)22(14)28-23(29)16(3)35-19-10-8-18(9-11-19)27-24(30)20-12-7-17(25(31)32)13-21(20)26(33)34/h4-13,16H,1-3H3,(H,27,30)(H,28,29)(H,31,32)(H,33,34). The molecule has 0 heterocycles. The van der Waals surface area contributed by atoms with Gasteiger partial charge in [-0.1, -0.05) is 18.2 Å². The predicted molar refractivity (Wildman–Crippen MR) is 135 cm³/mol. The topological polar surface area (TPSA) is 133 Å². The van der Waals surface area contributed by atoms with Crippen LogP contribution in [0.15, 0.2) is 65.6 Å². The molecule has 0 saturated carbocycles. The molecule has 9 heteroatoms. The Morgan fingerprint density at radius 3 is 2.00 bits per heavy atom. The largest absolute Gasteiger partial charge is 0.478 e. The Balaban J connectivity index is 1.66. The number of aryl methyl sites for hydroxylation is 2. The minimum Gasteiger partial charge on any atom is -0.478 e. The van der Waals surface area contributed by atoms with Crippen molar-refractivity contribution in [1.82, 2.24) is 0 Å². The van der Waals surface area contributed by atoms with E-state index in [4.69, 9.17) is 5.11 Å². The predicted octanol–water partition coefficient (Wildman–Crippen LogP) is 5.07. The van der Waals surface area contributed by atoms with Crippen LogP contribution in [-0.4, -0.2) is 39.2 Å². The number of para-hydroxylation sites is 1. The average Bonchev–Trinajstić information content (AvgIpc) is 2.82. The molecule has 0 spiro atoms. The van der Waals surface area contributed by atoms with E-state index in [0.29, 0.717) is 5.69 Å². The number of amides is 2. The summed E-state index contributed by atoms with van der Waals surface area (Å²) in [6, 6.07) is 15.9. The number of rotatable bonds is 8. The molecule has 2 amide bonds. The van der Waals surface area contributed by atoms with Crippen molar-refractivity contribution in [2.75, 3.05) is 10.6 Å². The first-order valence-electron chi connectivity index (χ1n) is 10.6. The van der Waals surface area contributed by atoms with E-state index in [0.717, 1.165) is 27.8 Å². The smallest absolute Gasteiger partial charge is 0.336 e. The van der Waals surface area contributed by atoms with Gasteiger partial charge in [0.05, 0.1) is 21.9 Å². The number of nitrogens with one attached hydrogen (secondary N) is 2. The molecular weight excluding hydrogens is 468 g/mol. The Labute approximate surface area is 206 Å². The molecule has 1 unspecified atom stereocenters. The van der Waals surface area contributed by atoms with Crippen molar-refractivity contribution in [3.05, 3.63) is 88.5 Å². The van der Waals surface area contributed by atoms with Gasteiger partial charge in [-0.25, -0.2) is 9.59 Å². The minimum atomic E-state index is -1.40. The number of hydrogen-bond donors (Lipinski definition) is 4. The second kappa shape index (κ2) is 10.9. The normalized spacial score (nSPS) is 11.4. The molecule has 180 valence electrons. The summed E-state index contributed by atoms with van der Waals surface area (Å²) in [5.41, 5.74) is 2.41. The molecule has 4 N–H and O–H groups in total. The van der Waals surface area contributed by atoms with Crippen LogP contribution in [0.3, 0.4) is 0 Å². The number of hydrogen-bond acceptors (Lipinski definition) is 5. The Morgan fingerprint density at radius 1 is 0.800 bits per heavy atom. The summed E-state index contributed by atoms with van der Waals surface area (Å²) in [5, 5.41) is 23.6. The van der Waals surface area contributed by atoms with Gasteiger partial charge in [0.1, 0.15) is 0 Å². The van der Waals surface area contributed by atoms with Crippen molar-refractivity contribution in [2.24, 2.45) is 0 Å². The summed E-state index contributed by atoms with van der Waals surface area (Å²) in [7, 11) is 0. The fourth-order valence-electron chi connectivity index (χ4n) is 3.36. The van der Waals surface area contributed by atoms with Gasteiger partial charge in [0, 0.05) is 16.3 Å². The van der Waals surface area contributed by atoms with Gasteiger partial charge in [0.2, 0.25) is 5.91 Å². The van der Waals surface area contributed by atoms with Gasteiger partial charge in [-0.3, -0.25) is 9.59 Å². The highest BCUT2D eigenvalue weighted by atomic mass is 32.2. The molecule has 1 atom stereocenters. The van der Waals surface area contributed by atoms with Gasteiger partial charge in [-0.05, 0) is 74.4 Å². The molecule has 35 heavy (non-hydrogen) atoms. The molecule has 0 saturated heterocycles. The van der Waals surface area contributed by atoms with Gasteiger partial charge < -0.3 is 20.8 Å². The van der Waals surface area contributed by atoms with Gasteiger partial charge in [-0.15, -0.1) is 11.8 Å². The summed E-state index contributed by atoms with van der Waals surface area (Å²) in [6.07, 6.45) is 0. The zero-order valence-corrected chi connectivity index (χ0v) is 20.1. The zero-order valence-electron chi connectivity index (χ0n) is 19.3. The summed E-state index contributed by atoms with van der Waals surface area (Å²) < 4.78 is 0. The van der Waals surface area contributed by atoms with Crippen LogP contribution in [0.4, 0.5) is 11.4 Å². The van der Waals surface area contributed by atoms with E-state index in [2.05, 4.69) is 10.6 Å². The third-order valence-electron chi connectivity index (χ3n) is 5.27. The second-order valence-electron chi connectivity index (χ2n) is 7.87. The monoisotopic (exact) mass is 492 g/mol. The van der Waals surface area contributed by atoms with E-state index in [1.807, 2.05) is 32.0 Å². The van der Waals surface area contributed by atoms with Crippen LogP contribution in [0.2, 0.25) is 0 Å². The van der Waals surface area contributed by atoms with E-state index >= 15 is 0 Å². The van der Waals surface area contributed by atoms with Crippen LogP contribution in [0.1, 0.15) is 49.1 Å². The second-order valence-corrected chi connectivity index (χ2v) is 9.28. The maximum Gasteiger partial charge on any atom is 0.336 e. The highest BCUT2D eigenvalue weighted by Gasteiger charge is 2.20. The van der Waals surface area contributed by atoms with E-state index in [1.165, 1.54) is 23.9 Å². The number of benzene rings is 3. The third kappa shape index (κ3) is 6.27. The highest BCUT2D eigenvalue weighted by Crippen LogP contribution is 2.27. The maximum absolute atomic E-state index is 12.7. The summed E-state index contributed by atoms with van der Waals surface area (Å²) >= 11 is 1.36. The molecule has 3 aromatic rings.